The van der Waals surface area contributed by atoms with Gasteiger partial charge in [-0.3, -0.25) is 4.79 Å². The second-order valence-corrected chi connectivity index (χ2v) is 7.01. The third-order valence-electron chi connectivity index (χ3n) is 3.64. The van der Waals surface area contributed by atoms with Crippen LogP contribution < -0.4 is 0 Å². The molecule has 2 aromatic rings. The highest BCUT2D eigenvalue weighted by Gasteiger charge is 2.23. The first-order valence-corrected chi connectivity index (χ1v) is 8.50. The molecule has 0 saturated carbocycles. The van der Waals surface area contributed by atoms with E-state index in [0.29, 0.717) is 24.1 Å². The number of carbonyl (C=O) groups is 1. The summed E-state index contributed by atoms with van der Waals surface area (Å²) in [5, 5.41) is 8.45. The smallest absolute Gasteiger partial charge is 0.277 e. The number of nitrogens with zero attached hydrogens (tertiary/aromatic N) is 3. The van der Waals surface area contributed by atoms with Crippen molar-refractivity contribution in [3.63, 3.8) is 0 Å². The molecule has 1 saturated heterocycles. The normalized spacial score (nSPS) is 16.1. The first-order valence-electron chi connectivity index (χ1n) is 7.24. The van der Waals surface area contributed by atoms with E-state index < -0.39 is 5.82 Å². The van der Waals surface area contributed by atoms with Gasteiger partial charge in [-0.15, -0.1) is 10.2 Å². The van der Waals surface area contributed by atoms with Crippen LogP contribution in [0, 0.1) is 5.82 Å². The molecule has 5 nitrogen and oxygen atoms in total. The van der Waals surface area contributed by atoms with Gasteiger partial charge in [-0.2, -0.15) is 0 Å². The van der Waals surface area contributed by atoms with Crippen molar-refractivity contribution in [2.75, 3.05) is 6.54 Å². The Morgan fingerprint density at radius 2 is 2.30 bits per heavy atom. The van der Waals surface area contributed by atoms with Gasteiger partial charge in [-0.25, -0.2) is 4.39 Å². The van der Waals surface area contributed by atoms with Crippen LogP contribution in [0.3, 0.4) is 0 Å². The molecule has 1 unspecified atom stereocenters. The number of halogens is 2. The summed E-state index contributed by atoms with van der Waals surface area (Å²) in [4.78, 5) is 13.3. The standard InChI is InChI=1S/C15H15ClFN3O2S/c1-9(10-4-5-12(17)11(16)7-10)23-15-19-18-13(22-15)8-20-6-2-3-14(20)21/h4-5,7,9H,2-3,6,8H2,1H3. The quantitative estimate of drug-likeness (QED) is 0.763. The van der Waals surface area contributed by atoms with Crippen molar-refractivity contribution in [3.8, 4) is 0 Å². The van der Waals surface area contributed by atoms with E-state index in [1.165, 1.54) is 17.8 Å². The average molecular weight is 356 g/mol. The van der Waals surface area contributed by atoms with E-state index in [0.717, 1.165) is 18.5 Å². The predicted octanol–water partition coefficient (Wildman–Crippen LogP) is 3.84. The topological polar surface area (TPSA) is 59.2 Å². The molecule has 23 heavy (non-hydrogen) atoms. The molecular weight excluding hydrogens is 341 g/mol. The van der Waals surface area contributed by atoms with Crippen molar-refractivity contribution in [1.82, 2.24) is 15.1 Å². The lowest BCUT2D eigenvalue weighted by Crippen LogP contribution is -2.23. The second kappa shape index (κ2) is 6.88. The van der Waals surface area contributed by atoms with Crippen LogP contribution in [0.2, 0.25) is 5.02 Å². The van der Waals surface area contributed by atoms with Crippen LogP contribution >= 0.6 is 23.4 Å². The summed E-state index contributed by atoms with van der Waals surface area (Å²) in [6.45, 7) is 3.03. The molecule has 122 valence electrons. The van der Waals surface area contributed by atoms with Crippen LogP contribution in [-0.4, -0.2) is 27.5 Å². The third kappa shape index (κ3) is 3.84. The molecule has 0 aliphatic carbocycles. The summed E-state index contributed by atoms with van der Waals surface area (Å²) in [6.07, 6.45) is 1.45. The zero-order valence-corrected chi connectivity index (χ0v) is 14.0. The Morgan fingerprint density at radius 1 is 1.48 bits per heavy atom. The first-order chi connectivity index (χ1) is 11.0. The lowest BCUT2D eigenvalue weighted by molar-refractivity contribution is -0.128. The maximum Gasteiger partial charge on any atom is 0.277 e. The van der Waals surface area contributed by atoms with Gasteiger partial charge in [-0.1, -0.05) is 29.4 Å². The molecule has 0 radical (unpaired) electrons. The SMILES string of the molecule is CC(Sc1nnc(CN2CCCC2=O)o1)c1ccc(F)c(Cl)c1. The number of rotatable bonds is 5. The van der Waals surface area contributed by atoms with Crippen LogP contribution in [-0.2, 0) is 11.3 Å². The van der Waals surface area contributed by atoms with Crippen molar-refractivity contribution >= 4 is 29.3 Å². The number of benzene rings is 1. The predicted molar refractivity (Wildman–Crippen MR) is 84.6 cm³/mol. The lowest BCUT2D eigenvalue weighted by Gasteiger charge is -2.11. The number of carbonyl (C=O) groups excluding carboxylic acids is 1. The molecule has 1 aromatic carbocycles. The van der Waals surface area contributed by atoms with E-state index in [1.807, 2.05) is 6.92 Å². The maximum absolute atomic E-state index is 13.2. The van der Waals surface area contributed by atoms with Crippen LogP contribution in [0.15, 0.2) is 27.8 Å². The lowest BCUT2D eigenvalue weighted by atomic mass is 10.2. The number of hydrogen-bond donors (Lipinski definition) is 0. The van der Waals surface area contributed by atoms with Gasteiger partial charge in [0.2, 0.25) is 11.8 Å². The number of hydrogen-bond acceptors (Lipinski definition) is 5. The van der Waals surface area contributed by atoms with Gasteiger partial charge >= 0.3 is 0 Å². The number of amides is 1. The highest BCUT2D eigenvalue weighted by Crippen LogP contribution is 2.35. The number of thioether (sulfide) groups is 1. The Bertz CT molecular complexity index is 724. The monoisotopic (exact) mass is 355 g/mol. The molecular formula is C15H15ClFN3O2S. The van der Waals surface area contributed by atoms with E-state index in [2.05, 4.69) is 10.2 Å². The van der Waals surface area contributed by atoms with Crippen LogP contribution in [0.4, 0.5) is 4.39 Å². The molecule has 1 fully saturated rings. The molecule has 1 atom stereocenters. The third-order valence-corrected chi connectivity index (χ3v) is 4.92. The molecule has 0 N–H and O–H groups in total. The van der Waals surface area contributed by atoms with E-state index in [-0.39, 0.29) is 16.2 Å². The van der Waals surface area contributed by atoms with Crippen molar-refractivity contribution in [3.05, 3.63) is 40.5 Å². The van der Waals surface area contributed by atoms with Gasteiger partial charge in [0.25, 0.3) is 5.22 Å². The molecule has 0 spiro atoms. The summed E-state index contributed by atoms with van der Waals surface area (Å²) in [6, 6.07) is 4.61. The Hall–Kier alpha value is -1.60. The zero-order valence-electron chi connectivity index (χ0n) is 12.5. The van der Waals surface area contributed by atoms with Crippen molar-refractivity contribution in [2.24, 2.45) is 0 Å². The molecule has 1 aliphatic rings. The minimum absolute atomic E-state index is 0.0187. The van der Waals surface area contributed by atoms with Crippen molar-refractivity contribution in [1.29, 1.82) is 0 Å². The fourth-order valence-corrected chi connectivity index (χ4v) is 3.38. The van der Waals surface area contributed by atoms with Crippen LogP contribution in [0.5, 0.6) is 0 Å². The number of likely N-dealkylation sites (tertiary alicyclic amines) is 1. The fraction of sp³-hybridized carbons (Fsp3) is 0.400. The van der Waals surface area contributed by atoms with Crippen molar-refractivity contribution in [2.45, 2.75) is 36.8 Å². The van der Waals surface area contributed by atoms with Gasteiger partial charge < -0.3 is 9.32 Å². The first kappa shape index (κ1) is 16.3. The minimum atomic E-state index is -0.442. The summed E-state index contributed by atoms with van der Waals surface area (Å²) in [5.74, 6) is 0.0989. The highest BCUT2D eigenvalue weighted by molar-refractivity contribution is 7.99. The van der Waals surface area contributed by atoms with Gasteiger partial charge in [0.15, 0.2) is 0 Å². The van der Waals surface area contributed by atoms with Gasteiger partial charge in [0, 0.05) is 18.2 Å². The average Bonchev–Trinajstić information content (AvgIpc) is 3.12. The van der Waals surface area contributed by atoms with E-state index in [4.69, 9.17) is 16.0 Å². The van der Waals surface area contributed by atoms with Crippen molar-refractivity contribution < 1.29 is 13.6 Å². The molecule has 1 aromatic heterocycles. The molecule has 1 aliphatic heterocycles. The van der Waals surface area contributed by atoms with E-state index in [9.17, 15) is 9.18 Å². The summed E-state index contributed by atoms with van der Waals surface area (Å²) in [5.41, 5.74) is 0.871. The fourth-order valence-electron chi connectivity index (χ4n) is 2.37. The van der Waals surface area contributed by atoms with Gasteiger partial charge in [0.1, 0.15) is 5.82 Å². The summed E-state index contributed by atoms with van der Waals surface area (Å²) in [7, 11) is 0. The second-order valence-electron chi connectivity index (χ2n) is 5.31. The highest BCUT2D eigenvalue weighted by atomic mass is 35.5. The summed E-state index contributed by atoms with van der Waals surface area (Å²) < 4.78 is 18.8. The molecule has 8 heteroatoms. The van der Waals surface area contributed by atoms with E-state index in [1.54, 1.807) is 17.0 Å². The Morgan fingerprint density at radius 3 is 3.00 bits per heavy atom. The Balaban J connectivity index is 1.63. The minimum Gasteiger partial charge on any atom is -0.414 e. The molecule has 3 rings (SSSR count). The van der Waals surface area contributed by atoms with Gasteiger partial charge in [-0.05, 0) is 31.0 Å². The van der Waals surface area contributed by atoms with Crippen LogP contribution in [0.25, 0.3) is 0 Å². The largest absolute Gasteiger partial charge is 0.414 e. The van der Waals surface area contributed by atoms with Gasteiger partial charge in [0.05, 0.1) is 11.6 Å². The molecule has 0 bridgehead atoms. The maximum atomic E-state index is 13.2. The summed E-state index contributed by atoms with van der Waals surface area (Å²) >= 11 is 7.17. The molecule has 2 heterocycles. The Kier molecular flexibility index (Phi) is 4.87. The molecule has 1 amide bonds. The Labute approximate surface area is 142 Å². The van der Waals surface area contributed by atoms with Crippen LogP contribution in [0.1, 0.15) is 36.5 Å². The number of aromatic nitrogens is 2. The zero-order chi connectivity index (χ0) is 16.4. The van der Waals surface area contributed by atoms with E-state index >= 15 is 0 Å².